The van der Waals surface area contributed by atoms with E-state index in [9.17, 15) is 9.59 Å². The third kappa shape index (κ3) is 3.73. The summed E-state index contributed by atoms with van der Waals surface area (Å²) in [6.07, 6.45) is 4.61. The summed E-state index contributed by atoms with van der Waals surface area (Å²) in [6.45, 7) is 0. The minimum Gasteiger partial charge on any atom is -0.459 e. The van der Waals surface area contributed by atoms with Crippen LogP contribution in [0.4, 0.5) is 11.4 Å². The molecule has 0 saturated heterocycles. The molecule has 0 bridgehead atoms. The lowest BCUT2D eigenvalue weighted by Gasteiger charge is -2.13. The summed E-state index contributed by atoms with van der Waals surface area (Å²) in [6, 6.07) is 13.9. The van der Waals surface area contributed by atoms with E-state index in [1.54, 1.807) is 30.3 Å². The maximum absolute atomic E-state index is 12.7. The Hall–Kier alpha value is -3.05. The molecule has 2 amide bonds. The molecule has 0 radical (unpaired) electrons. The standard InChI is InChI=1S/C21H17ClN2O3/c22-16-8-9-17(18(12-16)24-21(26)19-5-2-10-27-19)23-20(25)15-7-6-13-3-1-4-14(13)11-15/h2,5-12H,1,3-4H2,(H,23,25)(H,24,26). The fourth-order valence-electron chi connectivity index (χ4n) is 3.23. The third-order valence-electron chi connectivity index (χ3n) is 4.58. The van der Waals surface area contributed by atoms with Gasteiger partial charge in [0.25, 0.3) is 11.8 Å². The average molecular weight is 381 g/mol. The van der Waals surface area contributed by atoms with Crippen molar-refractivity contribution in [2.75, 3.05) is 10.6 Å². The minimum absolute atomic E-state index is 0.172. The number of furan rings is 1. The van der Waals surface area contributed by atoms with E-state index in [4.69, 9.17) is 16.0 Å². The van der Waals surface area contributed by atoms with Gasteiger partial charge >= 0.3 is 0 Å². The number of amides is 2. The summed E-state index contributed by atoms with van der Waals surface area (Å²) >= 11 is 6.06. The second kappa shape index (κ2) is 7.29. The van der Waals surface area contributed by atoms with Crippen LogP contribution in [0.1, 0.15) is 38.5 Å². The predicted molar refractivity (Wildman–Crippen MR) is 105 cm³/mol. The van der Waals surface area contributed by atoms with Gasteiger partial charge < -0.3 is 15.1 Å². The molecule has 0 atom stereocenters. The molecular weight excluding hydrogens is 364 g/mol. The fourth-order valence-corrected chi connectivity index (χ4v) is 3.40. The lowest BCUT2D eigenvalue weighted by atomic mass is 10.1. The van der Waals surface area contributed by atoms with Crippen LogP contribution in [-0.4, -0.2) is 11.8 Å². The van der Waals surface area contributed by atoms with E-state index in [-0.39, 0.29) is 11.7 Å². The van der Waals surface area contributed by atoms with Gasteiger partial charge in [0, 0.05) is 10.6 Å². The number of carbonyl (C=O) groups is 2. The lowest BCUT2D eigenvalue weighted by Crippen LogP contribution is -2.16. The number of hydrogen-bond donors (Lipinski definition) is 2. The van der Waals surface area contributed by atoms with Crippen molar-refractivity contribution >= 4 is 34.8 Å². The number of hydrogen-bond acceptors (Lipinski definition) is 3. The molecule has 1 aliphatic carbocycles. The quantitative estimate of drug-likeness (QED) is 0.674. The molecule has 0 spiro atoms. The SMILES string of the molecule is O=C(Nc1ccc(Cl)cc1NC(=O)c1ccco1)c1ccc2c(c1)CCC2. The van der Waals surface area contributed by atoms with E-state index >= 15 is 0 Å². The van der Waals surface area contributed by atoms with Crippen molar-refractivity contribution in [2.24, 2.45) is 0 Å². The molecule has 0 fully saturated rings. The van der Waals surface area contributed by atoms with E-state index in [1.165, 1.54) is 17.4 Å². The van der Waals surface area contributed by atoms with Crippen LogP contribution in [0.2, 0.25) is 5.02 Å². The van der Waals surface area contributed by atoms with Crippen LogP contribution in [0.25, 0.3) is 0 Å². The number of carbonyl (C=O) groups excluding carboxylic acids is 2. The van der Waals surface area contributed by atoms with Crippen molar-refractivity contribution in [3.05, 3.63) is 82.3 Å². The first-order chi connectivity index (χ1) is 13.1. The average Bonchev–Trinajstić information content (AvgIpc) is 3.34. The first-order valence-electron chi connectivity index (χ1n) is 8.68. The molecule has 1 aliphatic rings. The van der Waals surface area contributed by atoms with Crippen LogP contribution >= 0.6 is 11.6 Å². The van der Waals surface area contributed by atoms with E-state index in [2.05, 4.69) is 10.6 Å². The number of anilines is 2. The number of nitrogens with one attached hydrogen (secondary N) is 2. The van der Waals surface area contributed by atoms with Crippen LogP contribution in [0, 0.1) is 0 Å². The summed E-state index contributed by atoms with van der Waals surface area (Å²) in [5.74, 6) is -0.485. The molecule has 136 valence electrons. The molecule has 2 N–H and O–H groups in total. The van der Waals surface area contributed by atoms with E-state index < -0.39 is 5.91 Å². The zero-order valence-electron chi connectivity index (χ0n) is 14.4. The van der Waals surface area contributed by atoms with Crippen molar-refractivity contribution in [3.8, 4) is 0 Å². The number of rotatable bonds is 4. The van der Waals surface area contributed by atoms with E-state index in [0.29, 0.717) is 22.0 Å². The van der Waals surface area contributed by atoms with Gasteiger partial charge in [0.1, 0.15) is 0 Å². The van der Waals surface area contributed by atoms with Gasteiger partial charge in [-0.05, 0) is 72.9 Å². The molecule has 3 aromatic rings. The number of fused-ring (bicyclic) bond motifs is 1. The number of aryl methyl sites for hydroxylation is 2. The first-order valence-corrected chi connectivity index (χ1v) is 9.05. The highest BCUT2D eigenvalue weighted by atomic mass is 35.5. The topological polar surface area (TPSA) is 71.3 Å². The third-order valence-corrected chi connectivity index (χ3v) is 4.82. The zero-order chi connectivity index (χ0) is 18.8. The lowest BCUT2D eigenvalue weighted by molar-refractivity contribution is 0.0993. The summed E-state index contributed by atoms with van der Waals surface area (Å²) in [5.41, 5.74) is 3.99. The summed E-state index contributed by atoms with van der Waals surface area (Å²) in [5, 5.41) is 6.02. The summed E-state index contributed by atoms with van der Waals surface area (Å²) < 4.78 is 5.10. The maximum Gasteiger partial charge on any atom is 0.291 e. The Kier molecular flexibility index (Phi) is 4.69. The van der Waals surface area contributed by atoms with Crippen molar-refractivity contribution in [3.63, 3.8) is 0 Å². The van der Waals surface area contributed by atoms with Crippen LogP contribution < -0.4 is 10.6 Å². The van der Waals surface area contributed by atoms with E-state index in [1.807, 2.05) is 18.2 Å². The molecule has 1 aromatic heterocycles. The van der Waals surface area contributed by atoms with Crippen molar-refractivity contribution in [2.45, 2.75) is 19.3 Å². The Balaban J connectivity index is 1.56. The second-order valence-electron chi connectivity index (χ2n) is 6.41. The van der Waals surface area contributed by atoms with Crippen molar-refractivity contribution in [1.82, 2.24) is 0 Å². The molecule has 2 aromatic carbocycles. The largest absolute Gasteiger partial charge is 0.459 e. The molecule has 0 saturated carbocycles. The van der Waals surface area contributed by atoms with Gasteiger partial charge in [-0.3, -0.25) is 9.59 Å². The van der Waals surface area contributed by atoms with Crippen LogP contribution in [0.5, 0.6) is 0 Å². The summed E-state index contributed by atoms with van der Waals surface area (Å²) in [4.78, 5) is 25.0. The second-order valence-corrected chi connectivity index (χ2v) is 6.85. The molecule has 6 heteroatoms. The molecule has 27 heavy (non-hydrogen) atoms. The minimum atomic E-state index is -0.421. The van der Waals surface area contributed by atoms with Crippen LogP contribution in [0.15, 0.2) is 59.2 Å². The van der Waals surface area contributed by atoms with Gasteiger partial charge in [-0.1, -0.05) is 17.7 Å². The molecule has 0 aliphatic heterocycles. The first kappa shape index (κ1) is 17.4. The van der Waals surface area contributed by atoms with Crippen LogP contribution in [-0.2, 0) is 12.8 Å². The zero-order valence-corrected chi connectivity index (χ0v) is 15.2. The smallest absolute Gasteiger partial charge is 0.291 e. The molecule has 0 unspecified atom stereocenters. The van der Waals surface area contributed by atoms with Crippen molar-refractivity contribution in [1.29, 1.82) is 0 Å². The van der Waals surface area contributed by atoms with Gasteiger partial charge in [0.05, 0.1) is 17.6 Å². The number of benzene rings is 2. The Morgan fingerprint density at radius 2 is 1.70 bits per heavy atom. The summed E-state index contributed by atoms with van der Waals surface area (Å²) in [7, 11) is 0. The highest BCUT2D eigenvalue weighted by Gasteiger charge is 2.17. The molecular formula is C21H17ClN2O3. The Bertz CT molecular complexity index is 1010. The van der Waals surface area contributed by atoms with Gasteiger partial charge in [-0.25, -0.2) is 0 Å². The van der Waals surface area contributed by atoms with Crippen molar-refractivity contribution < 1.29 is 14.0 Å². The van der Waals surface area contributed by atoms with Gasteiger partial charge in [0.15, 0.2) is 5.76 Å². The van der Waals surface area contributed by atoms with Gasteiger partial charge in [-0.2, -0.15) is 0 Å². The molecule has 5 nitrogen and oxygen atoms in total. The Morgan fingerprint density at radius 1 is 0.889 bits per heavy atom. The van der Waals surface area contributed by atoms with Crippen LogP contribution in [0.3, 0.4) is 0 Å². The highest BCUT2D eigenvalue weighted by molar-refractivity contribution is 6.31. The van der Waals surface area contributed by atoms with Gasteiger partial charge in [0.2, 0.25) is 0 Å². The maximum atomic E-state index is 12.7. The Labute approximate surface area is 161 Å². The molecule has 1 heterocycles. The number of halogens is 1. The Morgan fingerprint density at radius 3 is 2.52 bits per heavy atom. The van der Waals surface area contributed by atoms with E-state index in [0.717, 1.165) is 19.3 Å². The fraction of sp³-hybridized carbons (Fsp3) is 0.143. The molecule has 4 rings (SSSR count). The normalized spacial score (nSPS) is 12.5. The highest BCUT2D eigenvalue weighted by Crippen LogP contribution is 2.28. The predicted octanol–water partition coefficient (Wildman–Crippen LogP) is 4.93. The monoisotopic (exact) mass is 380 g/mol. The van der Waals surface area contributed by atoms with Gasteiger partial charge in [-0.15, -0.1) is 0 Å².